The molecule has 0 unspecified atom stereocenters. The Balaban J connectivity index is 1.31. The molecule has 4 heterocycles. The molecule has 37 heavy (non-hydrogen) atoms. The minimum Gasteiger partial charge on any atom is -0.396 e. The zero-order valence-corrected chi connectivity index (χ0v) is 21.0. The third-order valence-corrected chi connectivity index (χ3v) is 8.52. The van der Waals surface area contributed by atoms with Gasteiger partial charge in [-0.3, -0.25) is 19.6 Å². The van der Waals surface area contributed by atoms with Gasteiger partial charge in [0.1, 0.15) is 0 Å². The molecule has 3 aliphatic rings. The van der Waals surface area contributed by atoms with Crippen LogP contribution in [0.25, 0.3) is 10.8 Å². The van der Waals surface area contributed by atoms with Crippen LogP contribution in [-0.4, -0.2) is 57.0 Å². The molecule has 0 radical (unpaired) electrons. The number of fused-ring (bicyclic) bond motifs is 3. The Hall–Kier alpha value is -3.36. The number of carbonyl (C=O) groups is 2. The number of carbonyl (C=O) groups excluding carboxylic acids is 2. The maximum Gasteiger partial charge on any atom is 0.242 e. The first-order chi connectivity index (χ1) is 18.0. The van der Waals surface area contributed by atoms with Crippen molar-refractivity contribution >= 4 is 28.3 Å². The van der Waals surface area contributed by atoms with Gasteiger partial charge in [0.25, 0.3) is 0 Å². The molecule has 2 aliphatic heterocycles. The zero-order valence-electron chi connectivity index (χ0n) is 21.0. The summed E-state index contributed by atoms with van der Waals surface area (Å²) in [6.07, 6.45) is 10.4. The number of benzene rings is 1. The number of hydrogen-bond donors (Lipinski definition) is 2. The summed E-state index contributed by atoms with van der Waals surface area (Å²) in [7, 11) is 0. The Kier molecular flexibility index (Phi) is 5.96. The van der Waals surface area contributed by atoms with Crippen LogP contribution in [-0.2, 0) is 28.0 Å². The quantitative estimate of drug-likeness (QED) is 0.484. The molecule has 3 aromatic rings. The van der Waals surface area contributed by atoms with Gasteiger partial charge in [-0.15, -0.1) is 0 Å². The van der Waals surface area contributed by atoms with E-state index in [1.165, 1.54) is 0 Å². The van der Waals surface area contributed by atoms with Gasteiger partial charge in [-0.05, 0) is 67.5 Å². The maximum atomic E-state index is 14.2. The lowest BCUT2D eigenvalue weighted by Gasteiger charge is -2.39. The number of aliphatic hydroxyl groups is 1. The first kappa shape index (κ1) is 24.0. The minimum absolute atomic E-state index is 0.0208. The van der Waals surface area contributed by atoms with Crippen molar-refractivity contribution in [2.24, 2.45) is 5.73 Å². The molecule has 192 valence electrons. The van der Waals surface area contributed by atoms with Crippen molar-refractivity contribution in [1.82, 2.24) is 14.9 Å². The molecule has 0 atom stereocenters. The van der Waals surface area contributed by atoms with E-state index in [0.717, 1.165) is 65.4 Å². The summed E-state index contributed by atoms with van der Waals surface area (Å²) in [5.74, 6) is 0.0836. The molecule has 6 rings (SSSR count). The fourth-order valence-electron chi connectivity index (χ4n) is 6.13. The molecule has 1 aromatic carbocycles. The molecule has 1 saturated carbocycles. The largest absolute Gasteiger partial charge is 0.396 e. The fraction of sp³-hybridized carbons (Fsp3) is 0.448. The van der Waals surface area contributed by atoms with E-state index >= 15 is 0 Å². The second-order valence-corrected chi connectivity index (χ2v) is 10.8. The summed E-state index contributed by atoms with van der Waals surface area (Å²) >= 11 is 0. The number of aromatic nitrogens is 2. The number of hydrogen-bond acceptors (Lipinski definition) is 6. The number of anilines is 1. The van der Waals surface area contributed by atoms with Crippen LogP contribution in [0.5, 0.6) is 0 Å². The van der Waals surface area contributed by atoms with E-state index in [1.807, 2.05) is 34.2 Å². The molecular weight excluding hydrogens is 466 g/mol. The van der Waals surface area contributed by atoms with Gasteiger partial charge < -0.3 is 20.6 Å². The lowest BCUT2D eigenvalue weighted by molar-refractivity contribution is -0.137. The summed E-state index contributed by atoms with van der Waals surface area (Å²) < 4.78 is 0. The van der Waals surface area contributed by atoms with Crippen molar-refractivity contribution in [2.45, 2.75) is 62.4 Å². The minimum atomic E-state index is -0.688. The van der Waals surface area contributed by atoms with Gasteiger partial charge >= 0.3 is 0 Å². The normalized spacial score (nSPS) is 19.5. The molecule has 2 aromatic heterocycles. The second kappa shape index (κ2) is 9.19. The third kappa shape index (κ3) is 3.99. The van der Waals surface area contributed by atoms with Crippen molar-refractivity contribution in [3.8, 4) is 0 Å². The number of pyridine rings is 2. The molecule has 1 spiro atoms. The Labute approximate surface area is 216 Å². The van der Waals surface area contributed by atoms with Gasteiger partial charge in [-0.2, -0.15) is 0 Å². The maximum absolute atomic E-state index is 14.2. The van der Waals surface area contributed by atoms with Crippen LogP contribution in [0.4, 0.5) is 5.69 Å². The molecule has 8 heteroatoms. The van der Waals surface area contributed by atoms with Gasteiger partial charge in [-0.25, -0.2) is 0 Å². The van der Waals surface area contributed by atoms with Crippen LogP contribution in [0.15, 0.2) is 48.9 Å². The molecule has 3 N–H and O–H groups in total. The third-order valence-electron chi connectivity index (χ3n) is 8.52. The molecular formula is C29H33N5O3. The van der Waals surface area contributed by atoms with E-state index in [1.54, 1.807) is 12.4 Å². The SMILES string of the molecule is NC1(C(=O)N2CCC3(CC2)C(=O)N(Cc2ncc4ccccc4c2CCCCO)c2cnccc23)CC1. The summed E-state index contributed by atoms with van der Waals surface area (Å²) in [5, 5.41) is 11.5. The van der Waals surface area contributed by atoms with Crippen molar-refractivity contribution in [2.75, 3.05) is 24.6 Å². The highest BCUT2D eigenvalue weighted by Gasteiger charge is 2.55. The number of aliphatic hydroxyl groups excluding tert-OH is 1. The Morgan fingerprint density at radius 3 is 2.59 bits per heavy atom. The number of rotatable bonds is 7. The van der Waals surface area contributed by atoms with Crippen molar-refractivity contribution in [3.05, 3.63) is 65.7 Å². The van der Waals surface area contributed by atoms with Crippen molar-refractivity contribution in [1.29, 1.82) is 0 Å². The van der Waals surface area contributed by atoms with E-state index in [9.17, 15) is 14.7 Å². The molecule has 2 fully saturated rings. The lowest BCUT2D eigenvalue weighted by atomic mass is 9.74. The Morgan fingerprint density at radius 2 is 1.84 bits per heavy atom. The number of piperidine rings is 1. The highest BCUT2D eigenvalue weighted by atomic mass is 16.3. The van der Waals surface area contributed by atoms with Gasteiger partial charge in [0.15, 0.2) is 0 Å². The van der Waals surface area contributed by atoms with E-state index in [0.29, 0.717) is 32.5 Å². The van der Waals surface area contributed by atoms with Crippen molar-refractivity contribution < 1.29 is 14.7 Å². The highest BCUT2D eigenvalue weighted by Crippen LogP contribution is 2.49. The average Bonchev–Trinajstić information content (AvgIpc) is 3.65. The summed E-state index contributed by atoms with van der Waals surface area (Å²) in [4.78, 5) is 39.9. The van der Waals surface area contributed by atoms with Crippen LogP contribution in [0.3, 0.4) is 0 Å². The second-order valence-electron chi connectivity index (χ2n) is 10.8. The van der Waals surface area contributed by atoms with Gasteiger partial charge in [0.2, 0.25) is 11.8 Å². The van der Waals surface area contributed by atoms with Crippen LogP contribution in [0.2, 0.25) is 0 Å². The number of nitrogens with zero attached hydrogens (tertiary/aromatic N) is 4. The average molecular weight is 500 g/mol. The number of nitrogens with two attached hydrogens (primary N) is 1. The van der Waals surface area contributed by atoms with Gasteiger partial charge in [-0.1, -0.05) is 24.3 Å². The molecule has 8 nitrogen and oxygen atoms in total. The Morgan fingerprint density at radius 1 is 1.05 bits per heavy atom. The first-order valence-electron chi connectivity index (χ1n) is 13.3. The predicted molar refractivity (Wildman–Crippen MR) is 141 cm³/mol. The Bertz CT molecular complexity index is 1360. The smallest absolute Gasteiger partial charge is 0.242 e. The summed E-state index contributed by atoms with van der Waals surface area (Å²) in [6, 6.07) is 10.2. The molecule has 1 saturated heterocycles. The predicted octanol–water partition coefficient (Wildman–Crippen LogP) is 2.84. The lowest BCUT2D eigenvalue weighted by Crippen LogP contribution is -2.54. The monoisotopic (exact) mass is 499 g/mol. The van der Waals surface area contributed by atoms with Crippen LogP contribution in [0.1, 0.15) is 55.3 Å². The standard InChI is InChI=1S/C29H33N5O3/c30-29(9-10-29)27(37)33-14-11-28(12-15-33)23-8-13-31-18-25(23)34(26(28)36)19-24-22(7-3-4-16-35)21-6-2-1-5-20(21)17-32-24/h1-2,5-6,8,13,17-18,35H,3-4,7,9-12,14-16,19,30H2. The van der Waals surface area contributed by atoms with E-state index in [2.05, 4.69) is 17.1 Å². The number of amides is 2. The fourth-order valence-corrected chi connectivity index (χ4v) is 6.13. The van der Waals surface area contributed by atoms with Crippen LogP contribution in [0, 0.1) is 0 Å². The van der Waals surface area contributed by atoms with Crippen LogP contribution >= 0.6 is 0 Å². The van der Waals surface area contributed by atoms with E-state index in [-0.39, 0.29) is 18.4 Å². The highest BCUT2D eigenvalue weighted by molar-refractivity contribution is 6.08. The summed E-state index contributed by atoms with van der Waals surface area (Å²) in [6.45, 7) is 1.58. The molecule has 2 amide bonds. The molecule has 1 aliphatic carbocycles. The zero-order chi connectivity index (χ0) is 25.6. The van der Waals surface area contributed by atoms with E-state index < -0.39 is 11.0 Å². The first-order valence-corrected chi connectivity index (χ1v) is 13.3. The topological polar surface area (TPSA) is 113 Å². The van der Waals surface area contributed by atoms with Crippen molar-refractivity contribution in [3.63, 3.8) is 0 Å². The number of aryl methyl sites for hydroxylation is 1. The van der Waals surface area contributed by atoms with E-state index in [4.69, 9.17) is 10.7 Å². The number of likely N-dealkylation sites (tertiary alicyclic amines) is 1. The molecule has 0 bridgehead atoms. The number of unbranched alkanes of at least 4 members (excludes halogenated alkanes) is 1. The van der Waals surface area contributed by atoms with Gasteiger partial charge in [0.05, 0.1) is 35.1 Å². The summed E-state index contributed by atoms with van der Waals surface area (Å²) in [5.41, 5.74) is 8.67. The van der Waals surface area contributed by atoms with Crippen LogP contribution < -0.4 is 10.6 Å². The van der Waals surface area contributed by atoms with Gasteiger partial charge in [0, 0.05) is 37.5 Å².